The van der Waals surface area contributed by atoms with Gasteiger partial charge in [-0.15, -0.1) is 0 Å². The van der Waals surface area contributed by atoms with E-state index < -0.39 is 17.8 Å². The Hall–Kier alpha value is -3.87. The van der Waals surface area contributed by atoms with Gasteiger partial charge in [-0.05, 0) is 38.8 Å². The number of aromatic nitrogens is 2. The fourth-order valence-electron chi connectivity index (χ4n) is 5.50. The summed E-state index contributed by atoms with van der Waals surface area (Å²) in [6.07, 6.45) is 3.12. The zero-order valence-electron chi connectivity index (χ0n) is 23.8. The van der Waals surface area contributed by atoms with E-state index in [0.29, 0.717) is 24.4 Å². The van der Waals surface area contributed by atoms with Crippen molar-refractivity contribution in [2.75, 3.05) is 37.2 Å². The SMILES string of the molecule is C=C(B=O)C(Oc1cc(C(=O)Nc2ccc(C(=O)N3CCC(N4CCCC4)CC3)cc2)nnc1N)c1c(Cl)ccc(F)c1Cl. The zero-order valence-corrected chi connectivity index (χ0v) is 25.3. The number of nitrogens with zero attached hydrogens (tertiary/aromatic N) is 4. The number of nitrogens with two attached hydrogens (primary N) is 1. The summed E-state index contributed by atoms with van der Waals surface area (Å²) in [6, 6.07) is 10.7. The van der Waals surface area contributed by atoms with Crippen LogP contribution < -0.4 is 15.8 Å². The number of likely N-dealkylation sites (tertiary alicyclic amines) is 2. The van der Waals surface area contributed by atoms with E-state index in [1.165, 1.54) is 25.0 Å². The van der Waals surface area contributed by atoms with Gasteiger partial charge >= 0.3 is 187 Å². The van der Waals surface area contributed by atoms with Crippen LogP contribution in [0, 0.1) is 5.82 Å². The quantitative estimate of drug-likeness (QED) is 0.243. The molecule has 5 rings (SSSR count). The first-order valence-electron chi connectivity index (χ1n) is 14.2. The summed E-state index contributed by atoms with van der Waals surface area (Å²) in [5, 5.41) is 9.98. The van der Waals surface area contributed by atoms with Crippen LogP contribution in [0.1, 0.15) is 58.2 Å². The summed E-state index contributed by atoms with van der Waals surface area (Å²) in [5.41, 5.74) is 6.55. The van der Waals surface area contributed by atoms with Crippen LogP contribution in [0.15, 0.2) is 54.5 Å². The molecule has 44 heavy (non-hydrogen) atoms. The van der Waals surface area contributed by atoms with Gasteiger partial charge in [0.05, 0.1) is 0 Å². The second-order valence-corrected chi connectivity index (χ2v) is 11.5. The number of nitrogen functional groups attached to an aromatic ring is 1. The Labute approximate surface area is 264 Å². The second-order valence-electron chi connectivity index (χ2n) is 10.7. The molecular formula is C30H30BCl2FN6O4. The number of benzene rings is 2. The summed E-state index contributed by atoms with van der Waals surface area (Å²) in [4.78, 5) is 30.5. The summed E-state index contributed by atoms with van der Waals surface area (Å²) in [6.45, 7) is 7.39. The number of hydrogen-bond acceptors (Lipinski definition) is 8. The van der Waals surface area contributed by atoms with Crippen molar-refractivity contribution in [1.82, 2.24) is 20.0 Å². The molecule has 3 heterocycles. The first-order chi connectivity index (χ1) is 21.2. The van der Waals surface area contributed by atoms with Gasteiger partial charge in [0.1, 0.15) is 0 Å². The molecule has 2 aromatic carbocycles. The molecule has 2 saturated heterocycles. The molecule has 0 aliphatic carbocycles. The summed E-state index contributed by atoms with van der Waals surface area (Å²) < 4.78 is 31.7. The van der Waals surface area contributed by atoms with Gasteiger partial charge < -0.3 is 9.80 Å². The molecule has 3 N–H and O–H groups in total. The zero-order chi connectivity index (χ0) is 31.4. The molecule has 0 radical (unpaired) electrons. The summed E-state index contributed by atoms with van der Waals surface area (Å²) >= 11 is 12.4. The monoisotopic (exact) mass is 638 g/mol. The van der Waals surface area contributed by atoms with Crippen molar-refractivity contribution >= 4 is 53.7 Å². The van der Waals surface area contributed by atoms with Crippen LogP contribution >= 0.6 is 23.2 Å². The molecule has 1 aromatic heterocycles. The fourth-order valence-corrected chi connectivity index (χ4v) is 6.06. The topological polar surface area (TPSA) is 131 Å². The third kappa shape index (κ3) is 6.93. The van der Waals surface area contributed by atoms with Gasteiger partial charge in [0.15, 0.2) is 0 Å². The fraction of sp³-hybridized carbons (Fsp3) is 0.333. The number of halogens is 3. The molecule has 2 fully saturated rings. The minimum atomic E-state index is -1.33. The molecule has 10 nitrogen and oxygen atoms in total. The van der Waals surface area contributed by atoms with Gasteiger partial charge in [-0.3, -0.25) is 4.79 Å². The van der Waals surface area contributed by atoms with Gasteiger partial charge in [0.25, 0.3) is 5.91 Å². The number of nitrogens with one attached hydrogen (secondary N) is 1. The van der Waals surface area contributed by atoms with Crippen molar-refractivity contribution in [3.63, 3.8) is 0 Å². The number of carbonyl (C=O) groups is 2. The van der Waals surface area contributed by atoms with Gasteiger partial charge in [0, 0.05) is 19.1 Å². The number of ether oxygens (including phenoxy) is 1. The molecule has 1 unspecified atom stereocenters. The van der Waals surface area contributed by atoms with Crippen molar-refractivity contribution < 1.29 is 23.4 Å². The standard InChI is InChI=1S/C30H30BCl2FN6O4/c1-17(31-43)27(25-21(32)8-9-22(34)26(25)33)44-24-16-23(37-38-28(24)35)29(41)36-19-6-4-18(5-7-19)30(42)40-14-10-20(11-15-40)39-12-2-3-13-39/h4-9,16,20,27H,1-3,10-15H2,(H2,35,38)(H,36,41). The first-order valence-corrected chi connectivity index (χ1v) is 14.9. The van der Waals surface area contributed by atoms with Crippen LogP contribution in [-0.4, -0.2) is 71.2 Å². The molecule has 3 aromatic rings. The molecule has 2 amide bonds. The molecule has 1 atom stereocenters. The van der Waals surface area contributed by atoms with Crippen molar-refractivity contribution in [2.45, 2.75) is 37.8 Å². The molecule has 14 heteroatoms. The van der Waals surface area contributed by atoms with Gasteiger partial charge in [-0.2, -0.15) is 0 Å². The third-order valence-electron chi connectivity index (χ3n) is 7.89. The molecule has 0 spiro atoms. The van der Waals surface area contributed by atoms with E-state index in [0.717, 1.165) is 45.1 Å². The predicted octanol–water partition coefficient (Wildman–Crippen LogP) is 5.14. The summed E-state index contributed by atoms with van der Waals surface area (Å²) in [7, 11) is 0.408. The van der Waals surface area contributed by atoms with Crippen molar-refractivity contribution in [3.05, 3.63) is 87.2 Å². The van der Waals surface area contributed by atoms with E-state index in [2.05, 4.69) is 27.0 Å². The normalized spacial score (nSPS) is 16.3. The Morgan fingerprint density at radius 2 is 1.75 bits per heavy atom. The van der Waals surface area contributed by atoms with Gasteiger partial charge in [-0.1, -0.05) is 0 Å². The Kier molecular flexibility index (Phi) is 9.92. The Balaban J connectivity index is 1.25. The molecule has 0 saturated carbocycles. The van der Waals surface area contributed by atoms with Crippen LogP contribution in [0.25, 0.3) is 0 Å². The second kappa shape index (κ2) is 13.8. The summed E-state index contributed by atoms with van der Waals surface area (Å²) in [5.74, 6) is -1.81. The van der Waals surface area contributed by atoms with E-state index in [9.17, 15) is 18.7 Å². The maximum atomic E-state index is 14.2. The molecule has 0 bridgehead atoms. The van der Waals surface area contributed by atoms with Crippen LogP contribution in [0.5, 0.6) is 5.75 Å². The van der Waals surface area contributed by atoms with Crippen molar-refractivity contribution in [3.8, 4) is 5.75 Å². The third-order valence-corrected chi connectivity index (χ3v) is 8.61. The molecule has 2 aliphatic rings. The van der Waals surface area contributed by atoms with E-state index >= 15 is 0 Å². The van der Waals surface area contributed by atoms with E-state index in [1.54, 1.807) is 24.3 Å². The van der Waals surface area contributed by atoms with E-state index in [-0.39, 0.29) is 44.2 Å². The van der Waals surface area contributed by atoms with Crippen molar-refractivity contribution in [1.29, 1.82) is 0 Å². The molecule has 228 valence electrons. The Morgan fingerprint density at radius 3 is 2.41 bits per heavy atom. The Morgan fingerprint density at radius 1 is 1.07 bits per heavy atom. The average molecular weight is 639 g/mol. The van der Waals surface area contributed by atoms with Crippen LogP contribution in [-0.2, 0) is 4.70 Å². The molecular weight excluding hydrogens is 609 g/mol. The van der Waals surface area contributed by atoms with E-state index in [1.807, 2.05) is 4.90 Å². The molecule has 2 aliphatic heterocycles. The number of amides is 2. The predicted molar refractivity (Wildman–Crippen MR) is 166 cm³/mol. The minimum absolute atomic E-state index is 0.0245. The number of hydrogen-bond donors (Lipinski definition) is 2. The number of anilines is 2. The van der Waals surface area contributed by atoms with Gasteiger partial charge in [-0.25, -0.2) is 0 Å². The van der Waals surface area contributed by atoms with Gasteiger partial charge in [0.2, 0.25) is 0 Å². The van der Waals surface area contributed by atoms with Crippen LogP contribution in [0.2, 0.25) is 10.0 Å². The van der Waals surface area contributed by atoms with Crippen LogP contribution in [0.3, 0.4) is 0 Å². The number of carbonyl (C=O) groups excluding carboxylic acids is 2. The first kappa shape index (κ1) is 31.6. The number of piperidine rings is 1. The van der Waals surface area contributed by atoms with Crippen LogP contribution in [0.4, 0.5) is 15.9 Å². The maximum absolute atomic E-state index is 14.2. The van der Waals surface area contributed by atoms with E-state index in [4.69, 9.17) is 33.7 Å². The average Bonchev–Trinajstić information content (AvgIpc) is 3.58. The number of rotatable bonds is 9. The van der Waals surface area contributed by atoms with Crippen molar-refractivity contribution in [2.24, 2.45) is 0 Å². The Bertz CT molecular complexity index is 1580.